The lowest BCUT2D eigenvalue weighted by Gasteiger charge is -2.43. The number of halogens is 3. The predicted molar refractivity (Wildman–Crippen MR) is 127 cm³/mol. The monoisotopic (exact) mass is 522 g/mol. The normalized spacial score (nSPS) is 19.6. The number of nitrogens with zero attached hydrogens (tertiary/aromatic N) is 2. The average molecular weight is 523 g/mol. The summed E-state index contributed by atoms with van der Waals surface area (Å²) in [5, 5.41) is 0. The topological polar surface area (TPSA) is 77.5 Å². The molecule has 1 saturated heterocycles. The lowest BCUT2D eigenvalue weighted by molar-refractivity contribution is -0.274. The number of rotatable bonds is 5. The second-order valence-corrected chi connectivity index (χ2v) is 8.88. The number of urea groups is 1. The fraction of sp³-hybridized carbons (Fsp3) is 0.462. The van der Waals surface area contributed by atoms with Gasteiger partial charge in [0, 0.05) is 24.7 Å². The summed E-state index contributed by atoms with van der Waals surface area (Å²) in [6, 6.07) is 7.14. The van der Waals surface area contributed by atoms with Crippen LogP contribution in [0.4, 0.5) is 18.0 Å². The molecule has 2 atom stereocenters. The highest BCUT2D eigenvalue weighted by Crippen LogP contribution is 2.44. The van der Waals surface area contributed by atoms with E-state index < -0.39 is 36.2 Å². The van der Waals surface area contributed by atoms with Crippen LogP contribution in [0.2, 0.25) is 0 Å². The highest BCUT2D eigenvalue weighted by atomic mass is 19.4. The van der Waals surface area contributed by atoms with Crippen molar-refractivity contribution < 1.29 is 41.7 Å². The second kappa shape index (κ2) is 10.8. The van der Waals surface area contributed by atoms with Crippen molar-refractivity contribution in [3.63, 3.8) is 0 Å². The number of hydrogen-bond acceptors (Lipinski definition) is 6. The molecule has 2 aliphatic heterocycles. The van der Waals surface area contributed by atoms with E-state index in [2.05, 4.69) is 4.74 Å². The summed E-state index contributed by atoms with van der Waals surface area (Å²) in [7, 11) is 4.29. The van der Waals surface area contributed by atoms with Crippen molar-refractivity contribution >= 4 is 12.0 Å². The van der Waals surface area contributed by atoms with Crippen LogP contribution < -0.4 is 14.2 Å². The van der Waals surface area contributed by atoms with Gasteiger partial charge in [-0.05, 0) is 55.0 Å². The molecule has 2 amide bonds. The number of likely N-dealkylation sites (tertiary alicyclic amines) is 1. The molecule has 2 heterocycles. The molecule has 8 nitrogen and oxygen atoms in total. The summed E-state index contributed by atoms with van der Waals surface area (Å²) < 4.78 is 59.1. The van der Waals surface area contributed by atoms with Crippen molar-refractivity contribution in [2.24, 2.45) is 0 Å². The fourth-order valence-electron chi connectivity index (χ4n) is 5.13. The number of carbonyl (C=O) groups excluding carboxylic acids is 2. The maximum absolute atomic E-state index is 14.0. The predicted octanol–water partition coefficient (Wildman–Crippen LogP) is 4.70. The molecule has 2 aromatic rings. The Kier molecular flexibility index (Phi) is 7.70. The zero-order valence-corrected chi connectivity index (χ0v) is 20.8. The van der Waals surface area contributed by atoms with Gasteiger partial charge in [0.05, 0.1) is 27.4 Å². The quantitative estimate of drug-likeness (QED) is 0.530. The largest absolute Gasteiger partial charge is 0.573 e. The van der Waals surface area contributed by atoms with Gasteiger partial charge in [0.15, 0.2) is 0 Å². The number of methoxy groups -OCH3 is 3. The first-order valence-corrected chi connectivity index (χ1v) is 11.9. The Morgan fingerprint density at radius 1 is 0.946 bits per heavy atom. The lowest BCUT2D eigenvalue weighted by Crippen LogP contribution is -2.55. The molecule has 0 bridgehead atoms. The molecule has 2 aliphatic rings. The Hall–Kier alpha value is -3.63. The van der Waals surface area contributed by atoms with Gasteiger partial charge in [-0.1, -0.05) is 12.1 Å². The summed E-state index contributed by atoms with van der Waals surface area (Å²) in [4.78, 5) is 29.5. The molecule has 11 heteroatoms. The van der Waals surface area contributed by atoms with E-state index >= 15 is 0 Å². The summed E-state index contributed by atoms with van der Waals surface area (Å²) in [5.74, 6) is 0.0968. The first-order chi connectivity index (χ1) is 17.7. The Balaban J connectivity index is 1.82. The molecule has 0 spiro atoms. The summed E-state index contributed by atoms with van der Waals surface area (Å²) in [5.41, 5.74) is 1.89. The van der Waals surface area contributed by atoms with Gasteiger partial charge in [0.2, 0.25) is 0 Å². The molecule has 2 aromatic carbocycles. The van der Waals surface area contributed by atoms with Crippen molar-refractivity contribution in [3.05, 3.63) is 53.1 Å². The minimum Gasteiger partial charge on any atom is -0.497 e. The van der Waals surface area contributed by atoms with E-state index in [0.29, 0.717) is 42.0 Å². The third-order valence-corrected chi connectivity index (χ3v) is 6.74. The molecule has 37 heavy (non-hydrogen) atoms. The number of amides is 2. The Morgan fingerprint density at radius 3 is 2.41 bits per heavy atom. The smallest absolute Gasteiger partial charge is 0.497 e. The van der Waals surface area contributed by atoms with E-state index in [0.717, 1.165) is 18.4 Å². The molecule has 1 fully saturated rings. The third kappa shape index (κ3) is 5.55. The maximum atomic E-state index is 14.0. The highest BCUT2D eigenvalue weighted by Gasteiger charge is 2.41. The van der Waals surface area contributed by atoms with Crippen molar-refractivity contribution in [1.82, 2.24) is 9.80 Å². The first kappa shape index (κ1) is 26.4. The third-order valence-electron chi connectivity index (χ3n) is 6.74. The molecule has 0 aliphatic carbocycles. The highest BCUT2D eigenvalue weighted by molar-refractivity contribution is 5.84. The molecule has 200 valence electrons. The van der Waals surface area contributed by atoms with Crippen LogP contribution >= 0.6 is 0 Å². The van der Waals surface area contributed by atoms with E-state index in [1.165, 1.54) is 44.4 Å². The number of fused-ring (bicyclic) bond motifs is 1. The second-order valence-electron chi connectivity index (χ2n) is 8.88. The molecular formula is C26H29F3N2O6. The van der Waals surface area contributed by atoms with Gasteiger partial charge >= 0.3 is 18.4 Å². The van der Waals surface area contributed by atoms with Crippen molar-refractivity contribution in [1.29, 1.82) is 0 Å². The van der Waals surface area contributed by atoms with Gasteiger partial charge in [-0.3, -0.25) is 0 Å². The molecule has 2 unspecified atom stereocenters. The van der Waals surface area contributed by atoms with Crippen molar-refractivity contribution in [2.75, 3.05) is 34.4 Å². The molecule has 0 aromatic heterocycles. The standard InChI is InChI=1S/C26H29F3N2O6/c1-34-19-13-16-10-12-31(25(33)30-11-5-4-9-20(30)24(32)36-3)23(22(16)21(15-19)35-2)17-7-6-8-18(14-17)37-26(27,28)29/h6-8,13-15,20,23H,4-5,9-12H2,1-3H3. The first-order valence-electron chi connectivity index (χ1n) is 11.9. The summed E-state index contributed by atoms with van der Waals surface area (Å²) >= 11 is 0. The van der Waals surface area contributed by atoms with Gasteiger partial charge in [-0.15, -0.1) is 13.2 Å². The maximum Gasteiger partial charge on any atom is 0.573 e. The number of carbonyl (C=O) groups is 2. The van der Waals surface area contributed by atoms with E-state index in [1.54, 1.807) is 17.0 Å². The van der Waals surface area contributed by atoms with Crippen LogP contribution in [0.15, 0.2) is 36.4 Å². The van der Waals surface area contributed by atoms with Gasteiger partial charge in [0.1, 0.15) is 23.3 Å². The fourth-order valence-corrected chi connectivity index (χ4v) is 5.13. The lowest BCUT2D eigenvalue weighted by atomic mass is 9.87. The minimum absolute atomic E-state index is 0.265. The molecule has 0 saturated carbocycles. The molecule has 4 rings (SSSR count). The van der Waals surface area contributed by atoms with Gasteiger partial charge in [0.25, 0.3) is 0 Å². The van der Waals surface area contributed by atoms with E-state index in [4.69, 9.17) is 14.2 Å². The molecule has 0 N–H and O–H groups in total. The zero-order chi connectivity index (χ0) is 26.7. The number of esters is 1. The van der Waals surface area contributed by atoms with Gasteiger partial charge in [-0.25, -0.2) is 9.59 Å². The Bertz CT molecular complexity index is 1140. The summed E-state index contributed by atoms with van der Waals surface area (Å²) in [6.45, 7) is 0.632. The van der Waals surface area contributed by atoms with Gasteiger partial charge in [-0.2, -0.15) is 0 Å². The number of piperidine rings is 1. The van der Waals surface area contributed by atoms with Crippen molar-refractivity contribution in [2.45, 2.75) is 44.1 Å². The van der Waals surface area contributed by atoms with Gasteiger partial charge < -0.3 is 28.7 Å². The Morgan fingerprint density at radius 2 is 1.73 bits per heavy atom. The van der Waals surface area contributed by atoms with Crippen LogP contribution in [-0.2, 0) is 16.0 Å². The number of alkyl halides is 3. The molecular weight excluding hydrogens is 493 g/mol. The molecule has 0 radical (unpaired) electrons. The van der Waals surface area contributed by atoms with E-state index in [1.807, 2.05) is 6.07 Å². The SMILES string of the molecule is COC(=O)C1CCCCN1C(=O)N1CCc2cc(OC)cc(OC)c2C1c1cccc(OC(F)(F)F)c1. The van der Waals surface area contributed by atoms with E-state index in [-0.39, 0.29) is 6.54 Å². The van der Waals surface area contributed by atoms with Crippen LogP contribution in [0.1, 0.15) is 42.0 Å². The number of hydrogen-bond donors (Lipinski definition) is 0. The van der Waals surface area contributed by atoms with Crippen LogP contribution in [0.25, 0.3) is 0 Å². The minimum atomic E-state index is -4.87. The average Bonchev–Trinajstić information content (AvgIpc) is 2.90. The van der Waals surface area contributed by atoms with Crippen LogP contribution in [-0.4, -0.2) is 68.6 Å². The summed E-state index contributed by atoms with van der Waals surface area (Å²) in [6.07, 6.45) is -2.43. The van der Waals surface area contributed by atoms with Crippen molar-refractivity contribution in [3.8, 4) is 17.2 Å². The van der Waals surface area contributed by atoms with Crippen LogP contribution in [0, 0.1) is 0 Å². The van der Waals surface area contributed by atoms with Crippen LogP contribution in [0.3, 0.4) is 0 Å². The Labute approximate surface area is 212 Å². The van der Waals surface area contributed by atoms with E-state index in [9.17, 15) is 22.8 Å². The number of benzene rings is 2. The van der Waals surface area contributed by atoms with Crippen LogP contribution in [0.5, 0.6) is 17.2 Å². The number of ether oxygens (including phenoxy) is 4. The zero-order valence-electron chi connectivity index (χ0n) is 20.8.